The molecule has 0 bridgehead atoms. The van der Waals surface area contributed by atoms with E-state index in [9.17, 15) is 9.59 Å². The van der Waals surface area contributed by atoms with Crippen LogP contribution in [0.5, 0.6) is 5.75 Å². The third kappa shape index (κ3) is 7.40. The lowest BCUT2D eigenvalue weighted by Crippen LogP contribution is -2.43. The number of nitrogens with one attached hydrogen (secondary N) is 1. The fraction of sp³-hybridized carbons (Fsp3) is 0.516. The van der Waals surface area contributed by atoms with Crippen molar-refractivity contribution in [2.75, 3.05) is 45.2 Å². The molecule has 2 aliphatic heterocycles. The number of rotatable bonds is 6. The lowest BCUT2D eigenvalue weighted by molar-refractivity contribution is 0.0165. The van der Waals surface area contributed by atoms with Gasteiger partial charge >= 0.3 is 6.09 Å². The Morgan fingerprint density at radius 1 is 1.10 bits per heavy atom. The highest BCUT2D eigenvalue weighted by atomic mass is 79.9. The van der Waals surface area contributed by atoms with Crippen LogP contribution in [0.2, 0.25) is 0 Å². The number of likely N-dealkylation sites (N-methyl/N-ethyl adjacent to an activating group) is 1. The van der Waals surface area contributed by atoms with Crippen LogP contribution in [0.3, 0.4) is 0 Å². The smallest absolute Gasteiger partial charge is 0.410 e. The maximum absolute atomic E-state index is 12.8. The molecule has 0 radical (unpaired) electrons. The summed E-state index contributed by atoms with van der Waals surface area (Å²) in [7, 11) is 2.13. The molecule has 5 rings (SSSR count). The number of halogens is 1. The molecule has 10 heteroatoms. The predicted octanol–water partition coefficient (Wildman–Crippen LogP) is 5.38. The van der Waals surface area contributed by atoms with Gasteiger partial charge in [0.15, 0.2) is 0 Å². The first-order valence-electron chi connectivity index (χ1n) is 14.4. The van der Waals surface area contributed by atoms with Crippen molar-refractivity contribution in [2.24, 2.45) is 5.92 Å². The number of piperidine rings is 2. The van der Waals surface area contributed by atoms with Crippen LogP contribution in [-0.2, 0) is 4.74 Å². The van der Waals surface area contributed by atoms with Crippen LogP contribution in [0.15, 0.2) is 57.9 Å². The highest BCUT2D eigenvalue weighted by molar-refractivity contribution is 9.10. The van der Waals surface area contributed by atoms with Gasteiger partial charge in [-0.15, -0.1) is 0 Å². The van der Waals surface area contributed by atoms with Crippen molar-refractivity contribution >= 4 is 33.5 Å². The van der Waals surface area contributed by atoms with E-state index in [1.54, 1.807) is 15.5 Å². The summed E-state index contributed by atoms with van der Waals surface area (Å²) >= 11 is 3.47. The molecule has 1 N–H and O–H groups in total. The Labute approximate surface area is 250 Å². The number of carbonyl (C=O) groups is 1. The van der Waals surface area contributed by atoms with Crippen molar-refractivity contribution in [3.63, 3.8) is 0 Å². The van der Waals surface area contributed by atoms with Crippen LogP contribution in [0.4, 0.5) is 10.6 Å². The van der Waals surface area contributed by atoms with Gasteiger partial charge in [0.1, 0.15) is 27.3 Å². The van der Waals surface area contributed by atoms with Crippen molar-refractivity contribution < 1.29 is 14.3 Å². The Bertz CT molecular complexity index is 1410. The lowest BCUT2D eigenvalue weighted by Gasteiger charge is -2.36. The summed E-state index contributed by atoms with van der Waals surface area (Å²) in [6.45, 7) is 9.56. The number of aromatic nitrogens is 2. The van der Waals surface area contributed by atoms with Crippen LogP contribution in [0.1, 0.15) is 51.5 Å². The third-order valence-electron chi connectivity index (χ3n) is 7.76. The monoisotopic (exact) mass is 625 g/mol. The van der Waals surface area contributed by atoms with Crippen molar-refractivity contribution in [1.29, 1.82) is 0 Å². The molecular formula is C31H40BrN5O4. The van der Waals surface area contributed by atoms with E-state index in [1.165, 1.54) is 5.56 Å². The number of anilines is 1. The van der Waals surface area contributed by atoms with E-state index < -0.39 is 5.60 Å². The first kappa shape index (κ1) is 29.4. The molecule has 3 aromatic rings. The second-order valence-electron chi connectivity index (χ2n) is 12.3. The van der Waals surface area contributed by atoms with Crippen LogP contribution in [-0.4, -0.2) is 76.8 Å². The van der Waals surface area contributed by atoms with E-state index >= 15 is 0 Å². The average Bonchev–Trinajstić information content (AvgIpc) is 2.94. The summed E-state index contributed by atoms with van der Waals surface area (Å²) in [5.41, 5.74) is 1.29. The first-order valence-corrected chi connectivity index (χ1v) is 15.2. The molecule has 0 spiro atoms. The number of ether oxygens (including phenoxy) is 2. The van der Waals surface area contributed by atoms with E-state index in [0.29, 0.717) is 47.5 Å². The maximum atomic E-state index is 12.8. The highest BCUT2D eigenvalue weighted by Crippen LogP contribution is 2.30. The molecule has 2 aliphatic rings. The molecule has 1 aromatic carbocycles. The SMILES string of the molecule is CN1CC(Nc2nc3ccccn3c(=O)c2Br)CC(c2ccc(OCC3CCN(C(=O)OC(C)(C)C)CC3)cc2)C1. The number of hydrogen-bond acceptors (Lipinski definition) is 7. The third-order valence-corrected chi connectivity index (χ3v) is 8.47. The Morgan fingerprint density at radius 3 is 2.54 bits per heavy atom. The van der Waals surface area contributed by atoms with Crippen molar-refractivity contribution in [3.05, 3.63) is 69.1 Å². The van der Waals surface area contributed by atoms with Crippen molar-refractivity contribution in [3.8, 4) is 5.75 Å². The van der Waals surface area contributed by atoms with Crippen LogP contribution >= 0.6 is 15.9 Å². The van der Waals surface area contributed by atoms with E-state index in [2.05, 4.69) is 57.5 Å². The minimum absolute atomic E-state index is 0.122. The molecule has 2 saturated heterocycles. The zero-order valence-electron chi connectivity index (χ0n) is 24.3. The van der Waals surface area contributed by atoms with Crippen LogP contribution in [0, 0.1) is 5.92 Å². The van der Waals surface area contributed by atoms with Gasteiger partial charge in [0, 0.05) is 38.4 Å². The normalized spacial score (nSPS) is 20.7. The summed E-state index contributed by atoms with van der Waals surface area (Å²) < 4.78 is 13.6. The number of fused-ring (bicyclic) bond motifs is 1. The average molecular weight is 627 g/mol. The molecule has 41 heavy (non-hydrogen) atoms. The van der Waals surface area contributed by atoms with Crippen molar-refractivity contribution in [1.82, 2.24) is 19.2 Å². The predicted molar refractivity (Wildman–Crippen MR) is 164 cm³/mol. The first-order chi connectivity index (χ1) is 19.6. The standard InChI is InChI=1S/C31H40BrN5O4/c1-31(2,3)41-30(39)36-15-12-21(13-16-36)20-40-25-10-8-22(9-11-25)23-17-24(19-35(4)18-23)33-28-27(32)29(38)37-14-6-5-7-26(37)34-28/h5-11,14,21,23-24,33H,12-13,15-20H2,1-4H3. The van der Waals surface area contributed by atoms with Gasteiger partial charge in [-0.25, -0.2) is 9.78 Å². The Morgan fingerprint density at radius 2 is 1.83 bits per heavy atom. The molecule has 2 atom stereocenters. The summed E-state index contributed by atoms with van der Waals surface area (Å²) in [5.74, 6) is 2.22. The van der Waals surface area contributed by atoms with Gasteiger partial charge in [0.2, 0.25) is 0 Å². The number of carbonyl (C=O) groups excluding carboxylic acids is 1. The molecule has 4 heterocycles. The second kappa shape index (κ2) is 12.4. The summed E-state index contributed by atoms with van der Waals surface area (Å²) in [4.78, 5) is 33.9. The molecule has 0 saturated carbocycles. The van der Waals surface area contributed by atoms with Gasteiger partial charge in [-0.3, -0.25) is 9.20 Å². The number of benzene rings is 1. The quantitative estimate of drug-likeness (QED) is 0.393. The summed E-state index contributed by atoms with van der Waals surface area (Å²) in [6.07, 6.45) is 4.26. The Balaban J connectivity index is 1.14. The Kier molecular flexibility index (Phi) is 8.89. The number of nitrogens with zero attached hydrogens (tertiary/aromatic N) is 4. The lowest BCUT2D eigenvalue weighted by atomic mass is 9.88. The topological polar surface area (TPSA) is 88.4 Å². The molecule has 2 aromatic heterocycles. The van der Waals surface area contributed by atoms with Gasteiger partial charge in [0.25, 0.3) is 5.56 Å². The van der Waals surface area contributed by atoms with E-state index in [0.717, 1.165) is 38.1 Å². The molecule has 220 valence electrons. The minimum atomic E-state index is -0.472. The molecule has 2 unspecified atom stereocenters. The number of likely N-dealkylation sites (tertiary alicyclic amines) is 2. The molecule has 2 fully saturated rings. The van der Waals surface area contributed by atoms with Gasteiger partial charge < -0.3 is 24.6 Å². The zero-order chi connectivity index (χ0) is 29.1. The summed E-state index contributed by atoms with van der Waals surface area (Å²) in [5, 5.41) is 3.53. The highest BCUT2D eigenvalue weighted by Gasteiger charge is 2.29. The largest absolute Gasteiger partial charge is 0.493 e. The number of pyridine rings is 1. The molecular weight excluding hydrogens is 586 g/mol. The number of hydrogen-bond donors (Lipinski definition) is 1. The number of amides is 1. The van der Waals surface area contributed by atoms with Gasteiger partial charge in [-0.1, -0.05) is 18.2 Å². The molecule has 0 aliphatic carbocycles. The fourth-order valence-corrected chi connectivity index (χ4v) is 6.08. The van der Waals surface area contributed by atoms with E-state index in [-0.39, 0.29) is 17.7 Å². The van der Waals surface area contributed by atoms with E-state index in [1.807, 2.05) is 39.0 Å². The summed E-state index contributed by atoms with van der Waals surface area (Å²) in [6, 6.07) is 14.1. The van der Waals surface area contributed by atoms with Gasteiger partial charge in [-0.05, 0) is 105 Å². The van der Waals surface area contributed by atoms with E-state index in [4.69, 9.17) is 14.5 Å². The van der Waals surface area contributed by atoms with Gasteiger partial charge in [-0.2, -0.15) is 0 Å². The van der Waals surface area contributed by atoms with Crippen molar-refractivity contribution in [2.45, 2.75) is 57.6 Å². The molecule has 1 amide bonds. The zero-order valence-corrected chi connectivity index (χ0v) is 25.9. The van der Waals surface area contributed by atoms with Crippen LogP contribution in [0.25, 0.3) is 5.65 Å². The molecule has 9 nitrogen and oxygen atoms in total. The van der Waals surface area contributed by atoms with Crippen LogP contribution < -0.4 is 15.6 Å². The maximum Gasteiger partial charge on any atom is 0.410 e. The second-order valence-corrected chi connectivity index (χ2v) is 13.1. The minimum Gasteiger partial charge on any atom is -0.493 e. The fourth-order valence-electron chi connectivity index (χ4n) is 5.68. The van der Waals surface area contributed by atoms with Gasteiger partial charge in [0.05, 0.1) is 6.61 Å². The Hall–Kier alpha value is -3.11.